The number of phosphoric acid groups is 1. The molecule has 380 valence electrons. The number of carbonyl (C=O) groups is 1. The third-order valence-electron chi connectivity index (χ3n) is 12.3. The molecule has 13 nitrogen and oxygen atoms in total. The van der Waals surface area contributed by atoms with E-state index in [0.717, 1.165) is 50.9 Å². The van der Waals surface area contributed by atoms with Crippen LogP contribution in [0.25, 0.3) is 0 Å². The zero-order valence-corrected chi connectivity index (χ0v) is 42.6. The molecule has 0 aromatic heterocycles. The number of unbranched alkanes of at least 4 members (excludes halogenated alkanes) is 25. The second kappa shape index (κ2) is 38.0. The quantitative estimate of drug-likeness (QED) is 0.0148. The molecular formula is C50H100N2O11P+. The first-order chi connectivity index (χ1) is 30.6. The maximum Gasteiger partial charge on any atom is 0.472 e. The lowest BCUT2D eigenvalue weighted by Crippen LogP contribution is -2.60. The summed E-state index contributed by atoms with van der Waals surface area (Å²) < 4.78 is 34.7. The van der Waals surface area contributed by atoms with Gasteiger partial charge in [0.15, 0.2) is 6.29 Å². The minimum Gasteiger partial charge on any atom is -0.387 e. The van der Waals surface area contributed by atoms with E-state index in [1.165, 1.54) is 135 Å². The molecule has 0 saturated carbocycles. The van der Waals surface area contributed by atoms with Crippen LogP contribution in [0, 0.1) is 5.92 Å². The molecule has 1 unspecified atom stereocenters. The van der Waals surface area contributed by atoms with Crippen LogP contribution >= 0.6 is 7.82 Å². The summed E-state index contributed by atoms with van der Waals surface area (Å²) in [4.78, 5) is 23.3. The maximum absolute atomic E-state index is 13.2. The van der Waals surface area contributed by atoms with Crippen molar-refractivity contribution in [3.63, 3.8) is 0 Å². The van der Waals surface area contributed by atoms with Crippen LogP contribution in [0.2, 0.25) is 0 Å². The molecule has 0 spiro atoms. The molecule has 1 aliphatic rings. The molecule has 0 aromatic carbocycles. The zero-order valence-electron chi connectivity index (χ0n) is 41.7. The van der Waals surface area contributed by atoms with Gasteiger partial charge in [-0.15, -0.1) is 0 Å². The van der Waals surface area contributed by atoms with Crippen LogP contribution in [0.15, 0.2) is 12.2 Å². The number of rotatable bonds is 43. The number of aliphatic hydroxyl groups is 4. The fourth-order valence-corrected chi connectivity index (χ4v) is 8.68. The zero-order chi connectivity index (χ0) is 47.5. The summed E-state index contributed by atoms with van der Waals surface area (Å²) in [6, 6.07) is -0.892. The van der Waals surface area contributed by atoms with E-state index in [4.69, 9.17) is 18.5 Å². The van der Waals surface area contributed by atoms with Crippen LogP contribution < -0.4 is 5.32 Å². The number of nitrogens with zero attached hydrogens (tertiary/aromatic N) is 1. The number of carbonyl (C=O) groups excluding carboxylic acids is 1. The second-order valence-corrected chi connectivity index (χ2v) is 21.6. The first-order valence-corrected chi connectivity index (χ1v) is 27.4. The number of phosphoric ester groups is 1. The monoisotopic (exact) mass is 936 g/mol. The van der Waals surface area contributed by atoms with E-state index in [9.17, 15) is 34.7 Å². The highest BCUT2D eigenvalue weighted by Gasteiger charge is 2.45. The SMILES string of the molecule is CCCCCCCCCCCCCCCCCCCCC(=O)N[C@@H](CO[C@@H]1O[C@H](COP(=O)(O)OCC[N+](C)(C)C)[C@H](O)[C@H](O)[C@H]1O)[C@H](O)/C=C/CCCCCCCCCCC(C)C. The third kappa shape index (κ3) is 33.5. The van der Waals surface area contributed by atoms with Crippen LogP contribution in [0.1, 0.15) is 207 Å². The van der Waals surface area contributed by atoms with Gasteiger partial charge < -0.3 is 44.6 Å². The number of hydrogen-bond acceptors (Lipinski definition) is 10. The van der Waals surface area contributed by atoms with Gasteiger partial charge in [-0.3, -0.25) is 13.8 Å². The van der Waals surface area contributed by atoms with Gasteiger partial charge in [-0.25, -0.2) is 4.57 Å². The Morgan fingerprint density at radius 1 is 0.703 bits per heavy atom. The molecule has 8 atom stereocenters. The average Bonchev–Trinajstić information content (AvgIpc) is 3.23. The number of hydrogen-bond donors (Lipinski definition) is 6. The van der Waals surface area contributed by atoms with Crippen molar-refractivity contribution < 1.29 is 57.7 Å². The standard InChI is InChI=1S/C50H99N2O11P/c1-7-8-9-10-11-12-13-14-15-16-17-18-19-20-25-28-31-34-37-46(54)51-43(44(53)36-33-30-27-24-22-21-23-26-29-32-35-42(2)3)40-60-50-49(57)48(56)47(55)45(63-50)41-62-64(58,59)61-39-38-52(4,5)6/h33,36,42-45,47-50,53,55-57H,7-32,34-35,37-41H2,1-6H3,(H-,51,54,58,59)/p+1/b36-33+/t43-,44+,45+,47-,48-,49+,50+/m0/s1. The summed E-state index contributed by atoms with van der Waals surface area (Å²) in [6.07, 6.45) is 29.4. The van der Waals surface area contributed by atoms with Crippen molar-refractivity contribution in [2.24, 2.45) is 5.92 Å². The van der Waals surface area contributed by atoms with Crippen molar-refractivity contribution in [2.45, 2.75) is 250 Å². The lowest BCUT2D eigenvalue weighted by Gasteiger charge is -2.40. The first-order valence-electron chi connectivity index (χ1n) is 25.9. The van der Waals surface area contributed by atoms with Gasteiger partial charge in [0.05, 0.1) is 46.5 Å². The molecule has 1 aliphatic heterocycles. The van der Waals surface area contributed by atoms with Crippen LogP contribution in [0.3, 0.4) is 0 Å². The van der Waals surface area contributed by atoms with Crippen molar-refractivity contribution in [1.82, 2.24) is 5.32 Å². The van der Waals surface area contributed by atoms with Crippen molar-refractivity contribution in [3.05, 3.63) is 12.2 Å². The molecule has 1 rings (SSSR count). The van der Waals surface area contributed by atoms with Gasteiger partial charge in [0, 0.05) is 6.42 Å². The molecule has 1 amide bonds. The highest BCUT2D eigenvalue weighted by atomic mass is 31.2. The van der Waals surface area contributed by atoms with E-state index in [2.05, 4.69) is 26.1 Å². The number of nitrogens with one attached hydrogen (secondary N) is 1. The fraction of sp³-hybridized carbons (Fsp3) is 0.940. The predicted molar refractivity (Wildman–Crippen MR) is 259 cm³/mol. The van der Waals surface area contributed by atoms with Gasteiger partial charge in [0.25, 0.3) is 0 Å². The Hall–Kier alpha value is -0.960. The van der Waals surface area contributed by atoms with Crippen molar-refractivity contribution >= 4 is 13.7 Å². The van der Waals surface area contributed by atoms with Crippen LogP contribution in [0.4, 0.5) is 0 Å². The normalized spacial score (nSPS) is 21.4. The minimum atomic E-state index is -4.52. The summed E-state index contributed by atoms with van der Waals surface area (Å²) in [7, 11) is 1.18. The van der Waals surface area contributed by atoms with E-state index in [-0.39, 0.29) is 19.1 Å². The number of ether oxygens (including phenoxy) is 2. The van der Waals surface area contributed by atoms with Crippen LogP contribution in [0.5, 0.6) is 0 Å². The van der Waals surface area contributed by atoms with Gasteiger partial charge in [0.2, 0.25) is 5.91 Å². The molecule has 0 aliphatic carbocycles. The molecule has 6 N–H and O–H groups in total. The van der Waals surface area contributed by atoms with E-state index < -0.39 is 57.3 Å². The second-order valence-electron chi connectivity index (χ2n) is 20.1. The molecular weight excluding hydrogens is 836 g/mol. The topological polar surface area (TPSA) is 184 Å². The van der Waals surface area contributed by atoms with Gasteiger partial charge in [-0.05, 0) is 25.2 Å². The maximum atomic E-state index is 13.2. The summed E-state index contributed by atoms with van der Waals surface area (Å²) in [5.74, 6) is 0.550. The Morgan fingerprint density at radius 3 is 1.69 bits per heavy atom. The number of aliphatic hydroxyl groups excluding tert-OH is 4. The van der Waals surface area contributed by atoms with E-state index in [0.29, 0.717) is 17.4 Å². The lowest BCUT2D eigenvalue weighted by atomic mass is 9.99. The highest BCUT2D eigenvalue weighted by Crippen LogP contribution is 2.43. The Morgan fingerprint density at radius 2 is 1.19 bits per heavy atom. The smallest absolute Gasteiger partial charge is 0.387 e. The van der Waals surface area contributed by atoms with Gasteiger partial charge in [-0.2, -0.15) is 0 Å². The first kappa shape index (κ1) is 61.1. The Bertz CT molecular complexity index is 1190. The Balaban J connectivity index is 2.59. The largest absolute Gasteiger partial charge is 0.472 e. The lowest BCUT2D eigenvalue weighted by molar-refractivity contribution is -0.870. The van der Waals surface area contributed by atoms with Crippen molar-refractivity contribution in [1.29, 1.82) is 0 Å². The minimum absolute atomic E-state index is 0.0549. The number of amides is 1. The molecule has 64 heavy (non-hydrogen) atoms. The molecule has 0 radical (unpaired) electrons. The molecule has 0 aromatic rings. The molecule has 1 saturated heterocycles. The van der Waals surface area contributed by atoms with E-state index in [1.54, 1.807) is 6.08 Å². The Kier molecular flexibility index (Phi) is 36.2. The summed E-state index contributed by atoms with van der Waals surface area (Å²) in [5.41, 5.74) is 0. The fourth-order valence-electron chi connectivity index (χ4n) is 7.96. The molecule has 0 bridgehead atoms. The third-order valence-corrected chi connectivity index (χ3v) is 13.3. The summed E-state index contributed by atoms with van der Waals surface area (Å²) >= 11 is 0. The van der Waals surface area contributed by atoms with Crippen molar-refractivity contribution in [3.8, 4) is 0 Å². The van der Waals surface area contributed by atoms with Crippen molar-refractivity contribution in [2.75, 3.05) is 47.5 Å². The average molecular weight is 936 g/mol. The predicted octanol–water partition coefficient (Wildman–Crippen LogP) is 10.0. The van der Waals surface area contributed by atoms with Gasteiger partial charge in [0.1, 0.15) is 37.6 Å². The Labute approximate surface area is 391 Å². The summed E-state index contributed by atoms with van der Waals surface area (Å²) in [5, 5.41) is 46.1. The molecule has 14 heteroatoms. The number of likely N-dealkylation sites (N-methyl/N-ethyl adjacent to an activating group) is 1. The highest BCUT2D eigenvalue weighted by molar-refractivity contribution is 7.47. The summed E-state index contributed by atoms with van der Waals surface area (Å²) in [6.45, 7) is 6.29. The van der Waals surface area contributed by atoms with Gasteiger partial charge in [-0.1, -0.05) is 193 Å². The molecule has 1 fully saturated rings. The molecule has 1 heterocycles. The van der Waals surface area contributed by atoms with Gasteiger partial charge >= 0.3 is 7.82 Å². The number of quaternary nitrogens is 1. The van der Waals surface area contributed by atoms with E-state index in [1.807, 2.05) is 27.2 Å². The van der Waals surface area contributed by atoms with Crippen LogP contribution in [-0.4, -0.2) is 126 Å². The number of allylic oxidation sites excluding steroid dienone is 1. The van der Waals surface area contributed by atoms with E-state index >= 15 is 0 Å². The van der Waals surface area contributed by atoms with Crippen LogP contribution in [-0.2, 0) is 27.9 Å².